The SMILES string of the molecule is CCCN1CCC2(CC1)NC(=O)N([C@@H]1CCCN(C(=O)C(C)(C)C)C1)C2=O. The zero-order chi connectivity index (χ0) is 19.8. The summed E-state index contributed by atoms with van der Waals surface area (Å²) in [6.07, 6.45) is 4.03. The lowest BCUT2D eigenvalue weighted by molar-refractivity contribution is -0.144. The first-order valence-corrected chi connectivity index (χ1v) is 10.4. The van der Waals surface area contributed by atoms with Crippen LogP contribution in [-0.4, -0.2) is 76.8 Å². The van der Waals surface area contributed by atoms with E-state index in [2.05, 4.69) is 17.1 Å². The number of nitrogens with one attached hydrogen (secondary N) is 1. The van der Waals surface area contributed by atoms with E-state index in [9.17, 15) is 14.4 Å². The topological polar surface area (TPSA) is 73.0 Å². The van der Waals surface area contributed by atoms with E-state index in [0.717, 1.165) is 38.9 Å². The molecule has 27 heavy (non-hydrogen) atoms. The van der Waals surface area contributed by atoms with Crippen molar-refractivity contribution in [2.45, 2.75) is 71.4 Å². The molecular formula is C20H34N4O3. The minimum Gasteiger partial charge on any atom is -0.340 e. The largest absolute Gasteiger partial charge is 0.340 e. The molecule has 7 heteroatoms. The van der Waals surface area contributed by atoms with Crippen LogP contribution in [0.3, 0.4) is 0 Å². The Morgan fingerprint density at radius 1 is 1.19 bits per heavy atom. The Bertz CT molecular complexity index is 605. The predicted molar refractivity (Wildman–Crippen MR) is 103 cm³/mol. The van der Waals surface area contributed by atoms with Gasteiger partial charge in [-0.3, -0.25) is 14.5 Å². The van der Waals surface area contributed by atoms with E-state index in [1.165, 1.54) is 4.90 Å². The fourth-order valence-corrected chi connectivity index (χ4v) is 4.61. The van der Waals surface area contributed by atoms with Crippen LogP contribution < -0.4 is 5.32 Å². The molecule has 1 N–H and O–H groups in total. The average molecular weight is 379 g/mol. The van der Waals surface area contributed by atoms with E-state index in [-0.39, 0.29) is 23.9 Å². The van der Waals surface area contributed by atoms with Gasteiger partial charge in [0.05, 0.1) is 6.04 Å². The van der Waals surface area contributed by atoms with Gasteiger partial charge in [-0.05, 0) is 38.6 Å². The van der Waals surface area contributed by atoms with Gasteiger partial charge in [-0.2, -0.15) is 0 Å². The Morgan fingerprint density at radius 2 is 1.85 bits per heavy atom. The Labute approximate surface area is 162 Å². The van der Waals surface area contributed by atoms with Gasteiger partial charge in [0, 0.05) is 31.6 Å². The zero-order valence-corrected chi connectivity index (χ0v) is 17.2. The first kappa shape index (κ1) is 20.1. The Kier molecular flexibility index (Phi) is 5.52. The van der Waals surface area contributed by atoms with Crippen molar-refractivity contribution in [1.29, 1.82) is 0 Å². The van der Waals surface area contributed by atoms with Crippen molar-refractivity contribution < 1.29 is 14.4 Å². The molecule has 3 fully saturated rings. The summed E-state index contributed by atoms with van der Waals surface area (Å²) in [5, 5.41) is 3.01. The third-order valence-electron chi connectivity index (χ3n) is 6.13. The minimum absolute atomic E-state index is 0.0845. The number of hydrogen-bond acceptors (Lipinski definition) is 4. The third kappa shape index (κ3) is 3.84. The van der Waals surface area contributed by atoms with Crippen LogP contribution in [0.15, 0.2) is 0 Å². The van der Waals surface area contributed by atoms with Gasteiger partial charge in [0.2, 0.25) is 5.91 Å². The lowest BCUT2D eigenvalue weighted by Crippen LogP contribution is -2.57. The van der Waals surface area contributed by atoms with E-state index < -0.39 is 11.0 Å². The summed E-state index contributed by atoms with van der Waals surface area (Å²) >= 11 is 0. The second kappa shape index (κ2) is 7.41. The van der Waals surface area contributed by atoms with E-state index in [4.69, 9.17) is 0 Å². The highest BCUT2D eigenvalue weighted by molar-refractivity contribution is 6.07. The van der Waals surface area contributed by atoms with Gasteiger partial charge in [-0.15, -0.1) is 0 Å². The quantitative estimate of drug-likeness (QED) is 0.761. The molecule has 0 aromatic rings. The average Bonchev–Trinajstić information content (AvgIpc) is 2.86. The summed E-state index contributed by atoms with van der Waals surface area (Å²) in [7, 11) is 0. The summed E-state index contributed by atoms with van der Waals surface area (Å²) < 4.78 is 0. The molecule has 3 aliphatic rings. The second-order valence-electron chi connectivity index (χ2n) is 9.33. The van der Waals surface area contributed by atoms with Gasteiger partial charge in [-0.1, -0.05) is 27.7 Å². The minimum atomic E-state index is -0.738. The molecule has 1 atom stereocenters. The monoisotopic (exact) mass is 378 g/mol. The summed E-state index contributed by atoms with van der Waals surface area (Å²) in [5.74, 6) is 0.000507. The van der Waals surface area contributed by atoms with Gasteiger partial charge >= 0.3 is 6.03 Å². The molecule has 1 spiro atoms. The van der Waals surface area contributed by atoms with Gasteiger partial charge < -0.3 is 15.1 Å². The lowest BCUT2D eigenvalue weighted by Gasteiger charge is -2.40. The van der Waals surface area contributed by atoms with Crippen molar-refractivity contribution in [2.24, 2.45) is 5.41 Å². The van der Waals surface area contributed by atoms with Crippen LogP contribution in [0.2, 0.25) is 0 Å². The maximum Gasteiger partial charge on any atom is 0.325 e. The molecule has 0 unspecified atom stereocenters. The van der Waals surface area contributed by atoms with E-state index in [0.29, 0.717) is 25.9 Å². The molecular weight excluding hydrogens is 344 g/mol. The third-order valence-corrected chi connectivity index (χ3v) is 6.13. The number of carbonyl (C=O) groups is 3. The van der Waals surface area contributed by atoms with E-state index in [1.54, 1.807) is 0 Å². The molecule has 0 aromatic carbocycles. The van der Waals surface area contributed by atoms with Crippen molar-refractivity contribution in [3.8, 4) is 0 Å². The number of piperidine rings is 2. The summed E-state index contributed by atoms with van der Waals surface area (Å²) in [6, 6.07) is -0.496. The van der Waals surface area contributed by atoms with Crippen molar-refractivity contribution in [3.63, 3.8) is 0 Å². The number of amides is 4. The van der Waals surface area contributed by atoms with Crippen molar-refractivity contribution in [1.82, 2.24) is 20.0 Å². The first-order chi connectivity index (χ1) is 12.7. The highest BCUT2D eigenvalue weighted by Gasteiger charge is 2.54. The molecule has 7 nitrogen and oxygen atoms in total. The van der Waals surface area contributed by atoms with Crippen LogP contribution in [0, 0.1) is 5.41 Å². The molecule has 0 aromatic heterocycles. The van der Waals surface area contributed by atoms with E-state index >= 15 is 0 Å². The maximum absolute atomic E-state index is 13.3. The van der Waals surface area contributed by atoms with Crippen LogP contribution in [0.5, 0.6) is 0 Å². The lowest BCUT2D eigenvalue weighted by atomic mass is 9.87. The molecule has 4 amide bonds. The van der Waals surface area contributed by atoms with Gasteiger partial charge in [0.15, 0.2) is 0 Å². The highest BCUT2D eigenvalue weighted by atomic mass is 16.2. The number of nitrogens with zero attached hydrogens (tertiary/aromatic N) is 3. The Morgan fingerprint density at radius 3 is 2.44 bits per heavy atom. The molecule has 3 heterocycles. The summed E-state index contributed by atoms with van der Waals surface area (Å²) in [6.45, 7) is 11.8. The molecule has 152 valence electrons. The van der Waals surface area contributed by atoms with Crippen LogP contribution in [0.1, 0.15) is 59.8 Å². The van der Waals surface area contributed by atoms with Crippen LogP contribution in [-0.2, 0) is 9.59 Å². The smallest absolute Gasteiger partial charge is 0.325 e. The fraction of sp³-hybridized carbons (Fsp3) is 0.850. The summed E-state index contributed by atoms with van der Waals surface area (Å²) in [5.41, 5.74) is -1.19. The number of urea groups is 1. The number of likely N-dealkylation sites (tertiary alicyclic amines) is 2. The zero-order valence-electron chi connectivity index (χ0n) is 17.2. The standard InChI is InChI=1S/C20H34N4O3/c1-5-10-22-12-8-20(9-13-22)17(26)24(18(27)21-20)15-7-6-11-23(14-15)16(25)19(2,3)4/h15H,5-14H2,1-4H3,(H,21,27)/t15-/m1/s1. The fourth-order valence-electron chi connectivity index (χ4n) is 4.61. The summed E-state index contributed by atoms with van der Waals surface area (Å²) in [4.78, 5) is 44.2. The van der Waals surface area contributed by atoms with E-state index in [1.807, 2.05) is 25.7 Å². The van der Waals surface area contributed by atoms with Crippen molar-refractivity contribution >= 4 is 17.8 Å². The van der Waals surface area contributed by atoms with Crippen LogP contribution in [0.25, 0.3) is 0 Å². The van der Waals surface area contributed by atoms with Crippen LogP contribution >= 0.6 is 0 Å². The maximum atomic E-state index is 13.3. The second-order valence-corrected chi connectivity index (χ2v) is 9.33. The molecule has 3 aliphatic heterocycles. The molecule has 0 bridgehead atoms. The normalized spacial score (nSPS) is 26.6. The first-order valence-electron chi connectivity index (χ1n) is 10.4. The van der Waals surface area contributed by atoms with Crippen molar-refractivity contribution in [3.05, 3.63) is 0 Å². The molecule has 3 rings (SSSR count). The Hall–Kier alpha value is -1.63. The highest BCUT2D eigenvalue weighted by Crippen LogP contribution is 2.33. The predicted octanol–water partition coefficient (Wildman–Crippen LogP) is 1.82. The molecule has 0 radical (unpaired) electrons. The molecule has 0 saturated carbocycles. The Balaban J connectivity index is 1.69. The number of carbonyl (C=O) groups excluding carboxylic acids is 3. The molecule has 0 aliphatic carbocycles. The van der Waals surface area contributed by atoms with Crippen LogP contribution in [0.4, 0.5) is 4.79 Å². The number of rotatable bonds is 3. The number of hydrogen-bond donors (Lipinski definition) is 1. The van der Waals surface area contributed by atoms with Gasteiger partial charge in [0.25, 0.3) is 5.91 Å². The van der Waals surface area contributed by atoms with Crippen molar-refractivity contribution in [2.75, 3.05) is 32.7 Å². The van der Waals surface area contributed by atoms with Gasteiger partial charge in [0.1, 0.15) is 5.54 Å². The van der Waals surface area contributed by atoms with Gasteiger partial charge in [-0.25, -0.2) is 4.79 Å². The number of imide groups is 1. The molecule has 3 saturated heterocycles.